The number of carbonyl (C=O) groups excluding carboxylic acids is 1. The number of carbonyl (C=O) groups is 1. The first kappa shape index (κ1) is 20.0. The summed E-state index contributed by atoms with van der Waals surface area (Å²) < 4.78 is 5.07. The van der Waals surface area contributed by atoms with E-state index in [4.69, 9.17) is 4.52 Å². The molecule has 0 aromatic carbocycles. The van der Waals surface area contributed by atoms with Crippen molar-refractivity contribution in [1.29, 1.82) is 0 Å². The van der Waals surface area contributed by atoms with Gasteiger partial charge in [0.2, 0.25) is 5.91 Å². The number of amides is 1. The zero-order chi connectivity index (χ0) is 20.1. The summed E-state index contributed by atoms with van der Waals surface area (Å²) in [6.07, 6.45) is 8.16. The Hall–Kier alpha value is -2.25. The predicted octanol–water partition coefficient (Wildman–Crippen LogP) is 2.37. The van der Waals surface area contributed by atoms with Crippen LogP contribution in [0.1, 0.15) is 42.7 Å². The lowest BCUT2D eigenvalue weighted by Gasteiger charge is -2.42. The standard InChI is InChI=1S/C22H31N5O2/c1-17-13-20(25-29-17)14-24-22(28)19-3-2-10-27(16-19)21-6-11-26(12-7-21)15-18-4-8-23-9-5-18/h4-5,8-9,13,19,21H,2-3,6-7,10-12,14-16H2,1H3,(H,24,28)/t19-/m1/s1. The van der Waals surface area contributed by atoms with Gasteiger partial charge < -0.3 is 9.84 Å². The molecule has 0 radical (unpaired) electrons. The first-order valence-electron chi connectivity index (χ1n) is 10.7. The minimum Gasteiger partial charge on any atom is -0.361 e. The Bertz CT molecular complexity index is 786. The third-order valence-corrected chi connectivity index (χ3v) is 6.17. The van der Waals surface area contributed by atoms with Crippen LogP contribution in [0.25, 0.3) is 0 Å². The number of piperidine rings is 2. The number of nitrogens with one attached hydrogen (secondary N) is 1. The Labute approximate surface area is 172 Å². The van der Waals surface area contributed by atoms with Crippen LogP contribution in [-0.4, -0.2) is 58.1 Å². The predicted molar refractivity (Wildman–Crippen MR) is 110 cm³/mol. The molecule has 2 aromatic rings. The summed E-state index contributed by atoms with van der Waals surface area (Å²) in [7, 11) is 0. The van der Waals surface area contributed by atoms with Crippen molar-refractivity contribution in [2.75, 3.05) is 26.2 Å². The van der Waals surface area contributed by atoms with Gasteiger partial charge in [-0.15, -0.1) is 0 Å². The van der Waals surface area contributed by atoms with Gasteiger partial charge >= 0.3 is 0 Å². The Kier molecular flexibility index (Phi) is 6.56. The molecule has 0 saturated carbocycles. The van der Waals surface area contributed by atoms with Crippen molar-refractivity contribution in [3.8, 4) is 0 Å². The zero-order valence-electron chi connectivity index (χ0n) is 17.2. The van der Waals surface area contributed by atoms with Crippen molar-refractivity contribution >= 4 is 5.91 Å². The molecule has 1 N–H and O–H groups in total. The van der Waals surface area contributed by atoms with Gasteiger partial charge in [-0.2, -0.15) is 0 Å². The maximum Gasteiger partial charge on any atom is 0.224 e. The molecule has 156 valence electrons. The maximum absolute atomic E-state index is 12.7. The van der Waals surface area contributed by atoms with E-state index in [2.05, 4.69) is 37.4 Å². The molecular weight excluding hydrogens is 366 g/mol. The van der Waals surface area contributed by atoms with Gasteiger partial charge in [0.1, 0.15) is 11.5 Å². The van der Waals surface area contributed by atoms with Gasteiger partial charge in [0, 0.05) is 37.6 Å². The Morgan fingerprint density at radius 1 is 1.21 bits per heavy atom. The third-order valence-electron chi connectivity index (χ3n) is 6.17. The summed E-state index contributed by atoms with van der Waals surface area (Å²) in [5, 5.41) is 6.99. The van der Waals surface area contributed by atoms with Gasteiger partial charge in [-0.1, -0.05) is 5.16 Å². The largest absolute Gasteiger partial charge is 0.361 e. The summed E-state index contributed by atoms with van der Waals surface area (Å²) in [5.74, 6) is 0.991. The normalized spacial score (nSPS) is 21.9. The summed E-state index contributed by atoms with van der Waals surface area (Å²) in [6, 6.07) is 6.66. The monoisotopic (exact) mass is 397 g/mol. The Morgan fingerprint density at radius 3 is 2.72 bits per heavy atom. The molecule has 2 aliphatic heterocycles. The van der Waals surface area contributed by atoms with Crippen molar-refractivity contribution in [2.45, 2.75) is 51.7 Å². The highest BCUT2D eigenvalue weighted by Crippen LogP contribution is 2.24. The van der Waals surface area contributed by atoms with E-state index in [1.807, 2.05) is 25.4 Å². The second-order valence-electron chi connectivity index (χ2n) is 8.34. The summed E-state index contributed by atoms with van der Waals surface area (Å²) in [5.41, 5.74) is 2.11. The van der Waals surface area contributed by atoms with Crippen LogP contribution >= 0.6 is 0 Å². The molecule has 0 spiro atoms. The third kappa shape index (κ3) is 5.42. The molecule has 2 saturated heterocycles. The fourth-order valence-corrected chi connectivity index (χ4v) is 4.56. The molecule has 2 fully saturated rings. The Morgan fingerprint density at radius 2 is 2.00 bits per heavy atom. The summed E-state index contributed by atoms with van der Waals surface area (Å²) in [6.45, 7) is 7.53. The van der Waals surface area contributed by atoms with E-state index >= 15 is 0 Å². The quantitative estimate of drug-likeness (QED) is 0.807. The number of aryl methyl sites for hydroxylation is 1. The number of likely N-dealkylation sites (tertiary alicyclic amines) is 2. The van der Waals surface area contributed by atoms with E-state index in [0.717, 1.165) is 57.0 Å². The van der Waals surface area contributed by atoms with E-state index in [-0.39, 0.29) is 11.8 Å². The van der Waals surface area contributed by atoms with Crippen LogP contribution in [0.15, 0.2) is 35.1 Å². The van der Waals surface area contributed by atoms with Gasteiger partial charge in [0.15, 0.2) is 0 Å². The molecule has 0 bridgehead atoms. The molecule has 2 aromatic heterocycles. The lowest BCUT2D eigenvalue weighted by molar-refractivity contribution is -0.127. The van der Waals surface area contributed by atoms with Crippen LogP contribution in [0.5, 0.6) is 0 Å². The van der Waals surface area contributed by atoms with Crippen molar-refractivity contribution in [3.63, 3.8) is 0 Å². The van der Waals surface area contributed by atoms with E-state index in [0.29, 0.717) is 12.6 Å². The van der Waals surface area contributed by atoms with E-state index in [9.17, 15) is 4.79 Å². The van der Waals surface area contributed by atoms with E-state index in [1.165, 1.54) is 18.4 Å². The van der Waals surface area contributed by atoms with Crippen LogP contribution in [0.4, 0.5) is 0 Å². The first-order valence-corrected chi connectivity index (χ1v) is 10.7. The molecule has 2 aliphatic rings. The fourth-order valence-electron chi connectivity index (χ4n) is 4.56. The molecular formula is C22H31N5O2. The summed E-state index contributed by atoms with van der Waals surface area (Å²) in [4.78, 5) is 21.8. The van der Waals surface area contributed by atoms with Crippen molar-refractivity contribution < 1.29 is 9.32 Å². The maximum atomic E-state index is 12.7. The molecule has 1 atom stereocenters. The minimum absolute atomic E-state index is 0.0756. The highest BCUT2D eigenvalue weighted by atomic mass is 16.5. The van der Waals surface area contributed by atoms with Gasteiger partial charge in [-0.3, -0.25) is 19.6 Å². The molecule has 29 heavy (non-hydrogen) atoms. The molecule has 7 heteroatoms. The van der Waals surface area contributed by atoms with Crippen LogP contribution in [0.2, 0.25) is 0 Å². The lowest BCUT2D eigenvalue weighted by Crippen LogP contribution is -2.50. The van der Waals surface area contributed by atoms with Gasteiger partial charge in [0.05, 0.1) is 12.5 Å². The smallest absolute Gasteiger partial charge is 0.224 e. The van der Waals surface area contributed by atoms with Crippen molar-refractivity contribution in [1.82, 2.24) is 25.3 Å². The summed E-state index contributed by atoms with van der Waals surface area (Å²) >= 11 is 0. The zero-order valence-corrected chi connectivity index (χ0v) is 17.2. The number of nitrogens with zero attached hydrogens (tertiary/aromatic N) is 4. The molecule has 1 amide bonds. The minimum atomic E-state index is 0.0756. The topological polar surface area (TPSA) is 74.5 Å². The second-order valence-corrected chi connectivity index (χ2v) is 8.34. The molecule has 7 nitrogen and oxygen atoms in total. The Balaban J connectivity index is 1.23. The average Bonchev–Trinajstić information content (AvgIpc) is 3.18. The molecule has 4 heterocycles. The van der Waals surface area contributed by atoms with Crippen LogP contribution < -0.4 is 5.32 Å². The average molecular weight is 398 g/mol. The van der Waals surface area contributed by atoms with Gasteiger partial charge in [-0.05, 0) is 69.9 Å². The van der Waals surface area contributed by atoms with Gasteiger partial charge in [0.25, 0.3) is 0 Å². The van der Waals surface area contributed by atoms with E-state index in [1.54, 1.807) is 0 Å². The van der Waals surface area contributed by atoms with Gasteiger partial charge in [-0.25, -0.2) is 0 Å². The van der Waals surface area contributed by atoms with Crippen LogP contribution in [-0.2, 0) is 17.9 Å². The highest BCUT2D eigenvalue weighted by Gasteiger charge is 2.31. The first-order chi connectivity index (χ1) is 14.2. The van der Waals surface area contributed by atoms with Crippen molar-refractivity contribution in [2.24, 2.45) is 5.92 Å². The SMILES string of the molecule is Cc1cc(CNC(=O)[C@@H]2CCCN(C3CCN(Cc4ccncc4)CC3)C2)no1. The number of hydrogen-bond donors (Lipinski definition) is 1. The molecule has 0 unspecified atom stereocenters. The number of pyridine rings is 1. The lowest BCUT2D eigenvalue weighted by atomic mass is 9.93. The molecule has 4 rings (SSSR count). The highest BCUT2D eigenvalue weighted by molar-refractivity contribution is 5.78. The number of rotatable bonds is 6. The second kappa shape index (κ2) is 9.50. The van der Waals surface area contributed by atoms with Crippen LogP contribution in [0.3, 0.4) is 0 Å². The van der Waals surface area contributed by atoms with Crippen molar-refractivity contribution in [3.05, 3.63) is 47.6 Å². The number of aromatic nitrogens is 2. The van der Waals surface area contributed by atoms with E-state index < -0.39 is 0 Å². The van der Waals surface area contributed by atoms with Crippen LogP contribution in [0, 0.1) is 12.8 Å². The molecule has 0 aliphatic carbocycles. The fraction of sp³-hybridized carbons (Fsp3) is 0.591. The number of hydrogen-bond acceptors (Lipinski definition) is 6.